The Hall–Kier alpha value is -3.40. The normalized spacial score (nSPS) is 13.7. The van der Waals surface area contributed by atoms with E-state index in [2.05, 4.69) is 26.2 Å². The van der Waals surface area contributed by atoms with E-state index in [1.54, 1.807) is 31.4 Å². The van der Waals surface area contributed by atoms with E-state index >= 15 is 0 Å². The Morgan fingerprint density at radius 3 is 2.69 bits per heavy atom. The topological polar surface area (TPSA) is 111 Å². The molecule has 1 heterocycles. The summed E-state index contributed by atoms with van der Waals surface area (Å²) < 4.78 is 6.90. The third kappa shape index (κ3) is 5.08. The van der Waals surface area contributed by atoms with Crippen LogP contribution in [-0.2, 0) is 4.79 Å². The van der Waals surface area contributed by atoms with Crippen molar-refractivity contribution in [3.8, 4) is 11.4 Å². The van der Waals surface area contributed by atoms with Gasteiger partial charge in [-0.3, -0.25) is 9.59 Å². The van der Waals surface area contributed by atoms with Gasteiger partial charge in [-0.05, 0) is 47.5 Å². The van der Waals surface area contributed by atoms with Crippen LogP contribution in [0.25, 0.3) is 5.69 Å². The van der Waals surface area contributed by atoms with Crippen LogP contribution in [0.1, 0.15) is 36.0 Å². The number of methoxy groups -OCH3 is 1. The summed E-state index contributed by atoms with van der Waals surface area (Å²) in [7, 11) is 1.57. The molecule has 2 amide bonds. The van der Waals surface area contributed by atoms with Gasteiger partial charge in [-0.25, -0.2) is 0 Å². The fourth-order valence-electron chi connectivity index (χ4n) is 3.66. The lowest BCUT2D eigenvalue weighted by Crippen LogP contribution is -2.33. The van der Waals surface area contributed by atoms with E-state index in [-0.39, 0.29) is 23.6 Å². The summed E-state index contributed by atoms with van der Waals surface area (Å²) in [5.74, 6) is 0.272. The fourth-order valence-corrected chi connectivity index (χ4v) is 4.35. The highest BCUT2D eigenvalue weighted by molar-refractivity contribution is 7.99. The van der Waals surface area contributed by atoms with Crippen LogP contribution in [0.4, 0.5) is 5.69 Å². The molecule has 10 heteroatoms. The smallest absolute Gasteiger partial charge is 0.253 e. The number of rotatable bonds is 8. The molecule has 0 atom stereocenters. The van der Waals surface area contributed by atoms with Crippen LogP contribution in [0.2, 0.25) is 0 Å². The standard InChI is InChI=1S/C22H24N6O3S/c1-31-19-13-7-6-12-18(19)28-22(25-26-27-28)32-14-20(29)24-17-11-5-4-10-16(17)21(30)23-15-8-2-3-9-15/h4-7,10-13,15H,2-3,8-9,14H2,1H3,(H,23,30)(H,24,29). The molecule has 0 radical (unpaired) electrons. The van der Waals surface area contributed by atoms with Gasteiger partial charge in [0.05, 0.1) is 24.1 Å². The third-order valence-electron chi connectivity index (χ3n) is 5.22. The maximum atomic E-state index is 12.7. The predicted octanol–water partition coefficient (Wildman–Crippen LogP) is 3.07. The molecule has 9 nitrogen and oxygen atoms in total. The van der Waals surface area contributed by atoms with E-state index in [1.165, 1.54) is 16.4 Å². The van der Waals surface area contributed by atoms with Crippen LogP contribution in [0, 0.1) is 0 Å². The average molecular weight is 453 g/mol. The highest BCUT2D eigenvalue weighted by atomic mass is 32.2. The average Bonchev–Trinajstić information content (AvgIpc) is 3.50. The molecule has 1 aliphatic rings. The number of hydrogen-bond acceptors (Lipinski definition) is 7. The minimum absolute atomic E-state index is 0.0775. The molecule has 0 saturated heterocycles. The molecular weight excluding hydrogens is 428 g/mol. The second kappa shape index (κ2) is 10.3. The number of thioether (sulfide) groups is 1. The number of aromatic nitrogens is 4. The number of carbonyl (C=O) groups is 2. The van der Waals surface area contributed by atoms with Crippen LogP contribution in [-0.4, -0.2) is 50.9 Å². The molecule has 4 rings (SSSR count). The summed E-state index contributed by atoms with van der Waals surface area (Å²) in [4.78, 5) is 25.3. The Morgan fingerprint density at radius 2 is 1.88 bits per heavy atom. The van der Waals surface area contributed by atoms with Gasteiger partial charge in [0.25, 0.3) is 5.91 Å². The number of tetrazole rings is 1. The quantitative estimate of drug-likeness (QED) is 0.505. The van der Waals surface area contributed by atoms with Gasteiger partial charge in [0.1, 0.15) is 11.4 Å². The molecule has 1 aromatic heterocycles. The lowest BCUT2D eigenvalue weighted by atomic mass is 10.1. The van der Waals surface area contributed by atoms with Crippen LogP contribution in [0.15, 0.2) is 53.7 Å². The zero-order chi connectivity index (χ0) is 22.3. The molecule has 0 bridgehead atoms. The molecule has 1 saturated carbocycles. The minimum Gasteiger partial charge on any atom is -0.494 e. The number of hydrogen-bond donors (Lipinski definition) is 2. The van der Waals surface area contributed by atoms with E-state index in [4.69, 9.17) is 4.74 Å². The molecule has 3 aromatic rings. The monoisotopic (exact) mass is 452 g/mol. The van der Waals surface area contributed by atoms with Gasteiger partial charge in [-0.2, -0.15) is 4.68 Å². The van der Waals surface area contributed by atoms with Gasteiger partial charge in [-0.1, -0.05) is 48.9 Å². The van der Waals surface area contributed by atoms with Crippen LogP contribution in [0.3, 0.4) is 0 Å². The molecule has 1 fully saturated rings. The number of anilines is 1. The van der Waals surface area contributed by atoms with Crippen LogP contribution >= 0.6 is 11.8 Å². The van der Waals surface area contributed by atoms with E-state index in [9.17, 15) is 9.59 Å². The van der Waals surface area contributed by atoms with Crippen molar-refractivity contribution < 1.29 is 14.3 Å². The van der Waals surface area contributed by atoms with Crippen molar-refractivity contribution in [1.82, 2.24) is 25.5 Å². The zero-order valence-corrected chi connectivity index (χ0v) is 18.5. The van der Waals surface area contributed by atoms with E-state index in [0.717, 1.165) is 25.7 Å². The maximum absolute atomic E-state index is 12.7. The Labute approximate surface area is 189 Å². The minimum atomic E-state index is -0.259. The largest absolute Gasteiger partial charge is 0.494 e. The Balaban J connectivity index is 1.41. The van der Waals surface area contributed by atoms with Gasteiger partial charge in [0.2, 0.25) is 11.1 Å². The number of carbonyl (C=O) groups excluding carboxylic acids is 2. The number of ether oxygens (including phenoxy) is 1. The summed E-state index contributed by atoms with van der Waals surface area (Å²) in [6.45, 7) is 0. The van der Waals surface area contributed by atoms with Crippen molar-refractivity contribution in [1.29, 1.82) is 0 Å². The second-order valence-corrected chi connectivity index (χ2v) is 8.32. The summed E-state index contributed by atoms with van der Waals surface area (Å²) in [6, 6.07) is 14.6. The molecule has 2 aromatic carbocycles. The number of benzene rings is 2. The first kappa shape index (κ1) is 21.8. The zero-order valence-electron chi connectivity index (χ0n) is 17.7. The van der Waals surface area contributed by atoms with Gasteiger partial charge in [0, 0.05) is 6.04 Å². The number of amides is 2. The summed E-state index contributed by atoms with van der Waals surface area (Å²) in [6.07, 6.45) is 4.26. The van der Waals surface area contributed by atoms with Crippen molar-refractivity contribution in [3.05, 3.63) is 54.1 Å². The molecule has 0 unspecified atom stereocenters. The molecule has 1 aliphatic carbocycles. The lowest BCUT2D eigenvalue weighted by molar-refractivity contribution is -0.113. The van der Waals surface area contributed by atoms with Crippen molar-refractivity contribution in [2.45, 2.75) is 36.9 Å². The van der Waals surface area contributed by atoms with E-state index < -0.39 is 0 Å². The first-order valence-corrected chi connectivity index (χ1v) is 11.4. The summed E-state index contributed by atoms with van der Waals surface area (Å²) >= 11 is 1.19. The van der Waals surface area contributed by atoms with Gasteiger partial charge < -0.3 is 15.4 Å². The van der Waals surface area contributed by atoms with Crippen LogP contribution < -0.4 is 15.4 Å². The second-order valence-electron chi connectivity index (χ2n) is 7.38. The number of nitrogens with one attached hydrogen (secondary N) is 2. The SMILES string of the molecule is COc1ccccc1-n1nnnc1SCC(=O)Nc1ccccc1C(=O)NC1CCCC1. The van der Waals surface area contributed by atoms with Gasteiger partial charge in [0.15, 0.2) is 0 Å². The van der Waals surface area contributed by atoms with Crippen molar-refractivity contribution >= 4 is 29.3 Å². The van der Waals surface area contributed by atoms with Crippen molar-refractivity contribution in [2.24, 2.45) is 0 Å². The Kier molecular flexibility index (Phi) is 7.00. The third-order valence-corrected chi connectivity index (χ3v) is 6.14. The first-order chi connectivity index (χ1) is 15.7. The highest BCUT2D eigenvalue weighted by Crippen LogP contribution is 2.26. The van der Waals surface area contributed by atoms with Crippen molar-refractivity contribution in [3.63, 3.8) is 0 Å². The van der Waals surface area contributed by atoms with E-state index in [1.807, 2.05) is 24.3 Å². The molecule has 0 spiro atoms. The Morgan fingerprint density at radius 1 is 1.12 bits per heavy atom. The lowest BCUT2D eigenvalue weighted by Gasteiger charge is -2.15. The maximum Gasteiger partial charge on any atom is 0.253 e. The van der Waals surface area contributed by atoms with Crippen molar-refractivity contribution in [2.75, 3.05) is 18.2 Å². The van der Waals surface area contributed by atoms with E-state index in [0.29, 0.717) is 27.8 Å². The predicted molar refractivity (Wildman–Crippen MR) is 121 cm³/mol. The number of para-hydroxylation sites is 3. The molecule has 32 heavy (non-hydrogen) atoms. The summed E-state index contributed by atoms with van der Waals surface area (Å²) in [5.41, 5.74) is 1.62. The van der Waals surface area contributed by atoms with Gasteiger partial charge in [-0.15, -0.1) is 5.10 Å². The highest BCUT2D eigenvalue weighted by Gasteiger charge is 2.20. The van der Waals surface area contributed by atoms with Crippen LogP contribution in [0.5, 0.6) is 5.75 Å². The summed E-state index contributed by atoms with van der Waals surface area (Å²) in [5, 5.41) is 18.1. The number of nitrogens with zero attached hydrogens (tertiary/aromatic N) is 4. The van der Waals surface area contributed by atoms with Gasteiger partial charge >= 0.3 is 0 Å². The Bertz CT molecular complexity index is 1100. The molecular formula is C22H24N6O3S. The molecule has 0 aliphatic heterocycles. The molecule has 2 N–H and O–H groups in total. The molecule has 166 valence electrons. The first-order valence-electron chi connectivity index (χ1n) is 10.4. The fraction of sp³-hybridized carbons (Fsp3) is 0.318.